The van der Waals surface area contributed by atoms with Gasteiger partial charge in [0.05, 0.1) is 0 Å². The third-order valence-electron chi connectivity index (χ3n) is 6.11. The van der Waals surface area contributed by atoms with Gasteiger partial charge < -0.3 is 10.0 Å². The van der Waals surface area contributed by atoms with Gasteiger partial charge in [-0.15, -0.1) is 0 Å². The van der Waals surface area contributed by atoms with E-state index >= 15 is 0 Å². The molecule has 2 unspecified atom stereocenters. The highest BCUT2D eigenvalue weighted by atomic mass is 32.2. The first kappa shape index (κ1) is 21.4. The van der Waals surface area contributed by atoms with Gasteiger partial charge in [-0.3, -0.25) is 5.32 Å². The van der Waals surface area contributed by atoms with E-state index in [0.29, 0.717) is 35.1 Å². The zero-order valence-corrected chi connectivity index (χ0v) is 18.2. The van der Waals surface area contributed by atoms with Gasteiger partial charge in [0.15, 0.2) is 5.17 Å². The van der Waals surface area contributed by atoms with E-state index in [-0.39, 0.29) is 11.7 Å². The van der Waals surface area contributed by atoms with E-state index in [9.17, 15) is 18.7 Å². The molecular weight excluding hydrogens is 446 g/mol. The van der Waals surface area contributed by atoms with E-state index in [1.807, 2.05) is 24.3 Å². The molecule has 3 aromatic rings. The van der Waals surface area contributed by atoms with Gasteiger partial charge in [-0.1, -0.05) is 30.0 Å². The molecule has 5 rings (SSSR count). The lowest BCUT2D eigenvalue weighted by Crippen LogP contribution is -2.42. The summed E-state index contributed by atoms with van der Waals surface area (Å²) in [5.74, 6) is -0.139. The minimum Gasteiger partial charge on any atom is -0.465 e. The van der Waals surface area contributed by atoms with Gasteiger partial charge in [0.2, 0.25) is 5.95 Å². The third-order valence-corrected chi connectivity index (χ3v) is 7.14. The fraction of sp³-hybridized carbons (Fsp3) is 0.208. The Balaban J connectivity index is 1.60. The summed E-state index contributed by atoms with van der Waals surface area (Å²) >= 11 is 1.37. The number of carbonyl (C=O) groups is 1. The van der Waals surface area contributed by atoms with Gasteiger partial charge in [-0.2, -0.15) is 4.39 Å². The minimum atomic E-state index is -1.17. The number of benzene rings is 2. The van der Waals surface area contributed by atoms with Crippen LogP contribution in [-0.4, -0.2) is 40.2 Å². The van der Waals surface area contributed by atoms with Crippen LogP contribution >= 0.6 is 11.8 Å². The Kier molecular flexibility index (Phi) is 5.49. The maximum Gasteiger partial charge on any atom is 0.410 e. The highest BCUT2D eigenvalue weighted by molar-refractivity contribution is 8.13. The SMILES string of the molecule is O=C(O)NC1=NC2(c3cccc(-c4cccnc4F)c3)CN(c3ccc(F)cc3)CC2CS1. The van der Waals surface area contributed by atoms with E-state index in [0.717, 1.165) is 11.3 Å². The van der Waals surface area contributed by atoms with Crippen molar-refractivity contribution in [3.05, 3.63) is 84.2 Å². The number of carboxylic acid groups (broad SMARTS) is 1. The molecule has 2 N–H and O–H groups in total. The Bertz CT molecular complexity index is 1240. The normalized spacial score (nSPS) is 21.9. The predicted octanol–water partition coefficient (Wildman–Crippen LogP) is 4.73. The Morgan fingerprint density at radius 2 is 1.97 bits per heavy atom. The number of nitrogens with one attached hydrogen (secondary N) is 1. The summed E-state index contributed by atoms with van der Waals surface area (Å²) in [5.41, 5.74) is 2.05. The average Bonchev–Trinajstić information content (AvgIpc) is 3.20. The number of hydrogen-bond acceptors (Lipinski definition) is 5. The minimum absolute atomic E-state index is 0.0703. The highest BCUT2D eigenvalue weighted by Crippen LogP contribution is 2.47. The molecule has 3 heterocycles. The van der Waals surface area contributed by atoms with Crippen molar-refractivity contribution in [3.8, 4) is 11.1 Å². The average molecular weight is 467 g/mol. The molecule has 0 bridgehead atoms. The van der Waals surface area contributed by atoms with Gasteiger partial charge in [0.1, 0.15) is 11.4 Å². The molecule has 9 heteroatoms. The van der Waals surface area contributed by atoms with Crippen LogP contribution in [0.3, 0.4) is 0 Å². The molecule has 2 aromatic carbocycles. The van der Waals surface area contributed by atoms with Gasteiger partial charge in [-0.05, 0) is 53.6 Å². The van der Waals surface area contributed by atoms with Crippen LogP contribution in [0.25, 0.3) is 11.1 Å². The van der Waals surface area contributed by atoms with Gasteiger partial charge >= 0.3 is 6.09 Å². The molecule has 0 radical (unpaired) electrons. The topological polar surface area (TPSA) is 77.8 Å². The molecule has 1 saturated heterocycles. The molecule has 0 aliphatic carbocycles. The fourth-order valence-electron chi connectivity index (χ4n) is 4.56. The number of aromatic nitrogens is 1. The quantitative estimate of drug-likeness (QED) is 0.546. The van der Waals surface area contributed by atoms with Crippen molar-refractivity contribution in [2.24, 2.45) is 10.9 Å². The summed E-state index contributed by atoms with van der Waals surface area (Å²) in [6.45, 7) is 1.15. The molecule has 1 amide bonds. The van der Waals surface area contributed by atoms with E-state index in [2.05, 4.69) is 15.2 Å². The molecular formula is C24H20F2N4O2S. The molecule has 6 nitrogen and oxygen atoms in total. The largest absolute Gasteiger partial charge is 0.465 e. The number of thioether (sulfide) groups is 1. The summed E-state index contributed by atoms with van der Waals surface area (Å²) in [6, 6.07) is 17.2. The smallest absolute Gasteiger partial charge is 0.410 e. The molecule has 2 aliphatic heterocycles. The monoisotopic (exact) mass is 466 g/mol. The number of hydrogen-bond donors (Lipinski definition) is 2. The van der Waals surface area contributed by atoms with Crippen LogP contribution in [0.1, 0.15) is 5.56 Å². The number of nitrogens with zero attached hydrogens (tertiary/aromatic N) is 3. The first-order valence-corrected chi connectivity index (χ1v) is 11.4. The second-order valence-electron chi connectivity index (χ2n) is 8.06. The van der Waals surface area contributed by atoms with Crippen molar-refractivity contribution >= 4 is 28.7 Å². The first-order valence-electron chi connectivity index (χ1n) is 10.4. The number of rotatable bonds is 3. The standard InChI is InChI=1S/C24H20F2N4O2S/c25-18-6-8-19(9-7-18)30-12-17-13-33-22(28-23(31)32)29-24(17,14-30)16-4-1-3-15(11-16)20-5-2-10-27-21(20)26/h1-11,17H,12-14H2,(H,28,29)(H,31,32). The molecule has 0 spiro atoms. The first-order chi connectivity index (χ1) is 15.9. The van der Waals surface area contributed by atoms with Crippen molar-refractivity contribution < 1.29 is 18.7 Å². The Morgan fingerprint density at radius 3 is 2.73 bits per heavy atom. The van der Waals surface area contributed by atoms with Crippen LogP contribution in [0.15, 0.2) is 71.9 Å². The van der Waals surface area contributed by atoms with E-state index in [1.165, 1.54) is 30.1 Å². The number of aliphatic imine (C=N–C) groups is 1. The maximum absolute atomic E-state index is 14.4. The van der Waals surface area contributed by atoms with E-state index in [1.54, 1.807) is 24.3 Å². The lowest BCUT2D eigenvalue weighted by atomic mass is 9.81. The summed E-state index contributed by atoms with van der Waals surface area (Å²) in [4.78, 5) is 22.1. The van der Waals surface area contributed by atoms with Crippen molar-refractivity contribution in [1.82, 2.24) is 10.3 Å². The summed E-state index contributed by atoms with van der Waals surface area (Å²) < 4.78 is 27.9. The number of pyridine rings is 1. The van der Waals surface area contributed by atoms with Crippen molar-refractivity contribution in [2.45, 2.75) is 5.54 Å². The van der Waals surface area contributed by atoms with Crippen molar-refractivity contribution in [3.63, 3.8) is 0 Å². The molecule has 2 aliphatic rings. The molecule has 168 valence electrons. The Hall–Kier alpha value is -3.46. The summed E-state index contributed by atoms with van der Waals surface area (Å²) in [7, 11) is 0. The Morgan fingerprint density at radius 1 is 1.15 bits per heavy atom. The molecule has 1 aromatic heterocycles. The molecule has 33 heavy (non-hydrogen) atoms. The maximum atomic E-state index is 14.4. The zero-order chi connectivity index (χ0) is 23.0. The number of amides is 1. The predicted molar refractivity (Wildman–Crippen MR) is 124 cm³/mol. The molecule has 1 fully saturated rings. The van der Waals surface area contributed by atoms with Crippen LogP contribution in [0.2, 0.25) is 0 Å². The van der Waals surface area contributed by atoms with Gasteiger partial charge in [0, 0.05) is 42.2 Å². The van der Waals surface area contributed by atoms with Crippen LogP contribution < -0.4 is 10.2 Å². The van der Waals surface area contributed by atoms with Crippen LogP contribution in [0.4, 0.5) is 19.3 Å². The van der Waals surface area contributed by atoms with Crippen molar-refractivity contribution in [1.29, 1.82) is 0 Å². The van der Waals surface area contributed by atoms with E-state index < -0.39 is 17.6 Å². The molecule has 2 atom stereocenters. The summed E-state index contributed by atoms with van der Waals surface area (Å²) in [5, 5.41) is 12.0. The van der Waals surface area contributed by atoms with E-state index in [4.69, 9.17) is 4.99 Å². The number of fused-ring (bicyclic) bond motifs is 1. The summed E-state index contributed by atoms with van der Waals surface area (Å²) in [6.07, 6.45) is 0.232. The zero-order valence-electron chi connectivity index (χ0n) is 17.4. The number of amidine groups is 1. The van der Waals surface area contributed by atoms with Gasteiger partial charge in [0.25, 0.3) is 0 Å². The lowest BCUT2D eigenvalue weighted by Gasteiger charge is -2.35. The lowest BCUT2D eigenvalue weighted by molar-refractivity contribution is 0.200. The second kappa shape index (κ2) is 8.47. The van der Waals surface area contributed by atoms with Crippen molar-refractivity contribution in [2.75, 3.05) is 23.7 Å². The van der Waals surface area contributed by atoms with Gasteiger partial charge in [-0.25, -0.2) is 19.2 Å². The van der Waals surface area contributed by atoms with Crippen LogP contribution in [-0.2, 0) is 5.54 Å². The number of halogens is 2. The second-order valence-corrected chi connectivity index (χ2v) is 9.07. The van der Waals surface area contributed by atoms with Crippen LogP contribution in [0.5, 0.6) is 0 Å². The molecule has 0 saturated carbocycles. The number of anilines is 1. The fourth-order valence-corrected chi connectivity index (χ4v) is 5.69. The van der Waals surface area contributed by atoms with Crippen LogP contribution in [0, 0.1) is 17.7 Å². The highest BCUT2D eigenvalue weighted by Gasteiger charge is 2.50. The third kappa shape index (κ3) is 4.04. The Labute approximate surface area is 193 Å².